The van der Waals surface area contributed by atoms with Crippen LogP contribution in [0.15, 0.2) is 84.9 Å². The summed E-state index contributed by atoms with van der Waals surface area (Å²) in [5.41, 5.74) is 1.27. The van der Waals surface area contributed by atoms with Gasteiger partial charge in [0.1, 0.15) is 0 Å². The second kappa shape index (κ2) is 9.31. The molecule has 0 aliphatic heterocycles. The summed E-state index contributed by atoms with van der Waals surface area (Å²) in [5.74, 6) is -0.711. The SMILES string of the molecule is O=C(O)CCCCc1ccc(P(c2ccccc2)c2ccccc2)cc1. The smallest absolute Gasteiger partial charge is 0.303 e. The minimum Gasteiger partial charge on any atom is -0.481 e. The Hall–Kier alpha value is -2.44. The van der Waals surface area contributed by atoms with Crippen LogP contribution < -0.4 is 15.9 Å². The molecule has 132 valence electrons. The van der Waals surface area contributed by atoms with Crippen LogP contribution in [-0.4, -0.2) is 11.1 Å². The monoisotopic (exact) mass is 362 g/mol. The lowest BCUT2D eigenvalue weighted by molar-refractivity contribution is -0.137. The van der Waals surface area contributed by atoms with E-state index in [0.717, 1.165) is 19.3 Å². The Balaban J connectivity index is 1.78. The Morgan fingerprint density at radius 1 is 0.692 bits per heavy atom. The van der Waals surface area contributed by atoms with E-state index in [1.807, 2.05) is 0 Å². The summed E-state index contributed by atoms with van der Waals surface area (Å²) >= 11 is 0. The van der Waals surface area contributed by atoms with Gasteiger partial charge in [-0.25, -0.2) is 0 Å². The van der Waals surface area contributed by atoms with E-state index in [0.29, 0.717) is 0 Å². The molecule has 1 N–H and O–H groups in total. The number of hydrogen-bond acceptors (Lipinski definition) is 1. The van der Waals surface area contributed by atoms with E-state index in [2.05, 4.69) is 84.9 Å². The molecule has 0 atom stereocenters. The molecule has 3 heteroatoms. The van der Waals surface area contributed by atoms with E-state index in [1.54, 1.807) is 0 Å². The van der Waals surface area contributed by atoms with Crippen molar-refractivity contribution in [2.45, 2.75) is 25.7 Å². The molecule has 0 saturated carbocycles. The summed E-state index contributed by atoms with van der Waals surface area (Å²) < 4.78 is 0. The highest BCUT2D eigenvalue weighted by Gasteiger charge is 2.15. The number of aryl methyl sites for hydroxylation is 1. The van der Waals surface area contributed by atoms with Crippen molar-refractivity contribution in [2.75, 3.05) is 0 Å². The molecule has 0 aliphatic rings. The molecule has 3 aromatic rings. The standard InChI is InChI=1S/C23H23O2P/c24-23(25)14-8-7-9-19-15-17-22(18-16-19)26(20-10-3-1-4-11-20)21-12-5-2-6-13-21/h1-6,10-13,15-18H,7-9,14H2,(H,24,25). The van der Waals surface area contributed by atoms with Gasteiger partial charge >= 0.3 is 5.97 Å². The summed E-state index contributed by atoms with van der Waals surface area (Å²) in [4.78, 5) is 10.6. The zero-order valence-corrected chi connectivity index (χ0v) is 15.6. The summed E-state index contributed by atoms with van der Waals surface area (Å²) in [7, 11) is -0.561. The Morgan fingerprint density at radius 3 is 1.69 bits per heavy atom. The largest absolute Gasteiger partial charge is 0.481 e. The zero-order chi connectivity index (χ0) is 18.2. The fraction of sp³-hybridized carbons (Fsp3) is 0.174. The van der Waals surface area contributed by atoms with E-state index >= 15 is 0 Å². The molecule has 0 spiro atoms. The van der Waals surface area contributed by atoms with Crippen molar-refractivity contribution in [1.29, 1.82) is 0 Å². The maximum absolute atomic E-state index is 10.6. The van der Waals surface area contributed by atoms with Crippen LogP contribution in [0.25, 0.3) is 0 Å². The van der Waals surface area contributed by atoms with Crippen molar-refractivity contribution in [3.8, 4) is 0 Å². The van der Waals surface area contributed by atoms with Crippen LogP contribution in [0.4, 0.5) is 0 Å². The van der Waals surface area contributed by atoms with Gasteiger partial charge in [0.2, 0.25) is 0 Å². The minimum absolute atomic E-state index is 0.255. The van der Waals surface area contributed by atoms with Crippen molar-refractivity contribution in [1.82, 2.24) is 0 Å². The normalized spacial score (nSPS) is 10.8. The van der Waals surface area contributed by atoms with E-state index < -0.39 is 13.9 Å². The van der Waals surface area contributed by atoms with Crippen LogP contribution in [0.5, 0.6) is 0 Å². The van der Waals surface area contributed by atoms with Crippen LogP contribution in [0.1, 0.15) is 24.8 Å². The fourth-order valence-electron chi connectivity index (χ4n) is 3.02. The van der Waals surface area contributed by atoms with Gasteiger partial charge in [0.15, 0.2) is 0 Å². The third kappa shape index (κ3) is 5.03. The predicted octanol–water partition coefficient (Wildman–Crippen LogP) is 4.24. The van der Waals surface area contributed by atoms with Crippen LogP contribution >= 0.6 is 7.92 Å². The summed E-state index contributed by atoms with van der Waals surface area (Å²) in [6, 6.07) is 30.2. The lowest BCUT2D eigenvalue weighted by Crippen LogP contribution is -2.20. The van der Waals surface area contributed by atoms with Gasteiger partial charge in [-0.3, -0.25) is 4.79 Å². The third-order valence-corrected chi connectivity index (χ3v) is 6.77. The van der Waals surface area contributed by atoms with Crippen LogP contribution in [0.3, 0.4) is 0 Å². The summed E-state index contributed by atoms with van der Waals surface area (Å²) in [6.45, 7) is 0. The summed E-state index contributed by atoms with van der Waals surface area (Å²) in [5, 5.41) is 12.8. The van der Waals surface area contributed by atoms with Crippen molar-refractivity contribution in [3.05, 3.63) is 90.5 Å². The first kappa shape index (κ1) is 18.4. The Bertz CT molecular complexity index is 774. The number of carboxylic acid groups (broad SMARTS) is 1. The van der Waals surface area contributed by atoms with Crippen LogP contribution in [0, 0.1) is 0 Å². The molecule has 0 unspecified atom stereocenters. The first-order chi connectivity index (χ1) is 12.7. The Kier molecular flexibility index (Phi) is 6.57. The molecule has 0 aliphatic carbocycles. The van der Waals surface area contributed by atoms with Crippen molar-refractivity contribution < 1.29 is 9.90 Å². The second-order valence-corrected chi connectivity index (χ2v) is 8.49. The zero-order valence-electron chi connectivity index (χ0n) is 14.7. The number of unbranched alkanes of at least 4 members (excludes halogenated alkanes) is 1. The maximum Gasteiger partial charge on any atom is 0.303 e. The molecule has 0 heterocycles. The number of carbonyl (C=O) groups is 1. The lowest BCUT2D eigenvalue weighted by Gasteiger charge is -2.19. The molecule has 0 saturated heterocycles. The Morgan fingerprint density at radius 2 is 1.19 bits per heavy atom. The molecule has 0 radical (unpaired) electrons. The third-order valence-electron chi connectivity index (χ3n) is 4.33. The molecule has 26 heavy (non-hydrogen) atoms. The number of hydrogen-bond donors (Lipinski definition) is 1. The first-order valence-electron chi connectivity index (χ1n) is 8.95. The second-order valence-electron chi connectivity index (χ2n) is 6.27. The van der Waals surface area contributed by atoms with E-state index in [4.69, 9.17) is 5.11 Å². The number of rotatable bonds is 8. The molecular formula is C23H23O2P. The van der Waals surface area contributed by atoms with Crippen molar-refractivity contribution in [3.63, 3.8) is 0 Å². The highest BCUT2D eigenvalue weighted by molar-refractivity contribution is 7.79. The molecular weight excluding hydrogens is 339 g/mol. The topological polar surface area (TPSA) is 37.3 Å². The molecule has 0 bridgehead atoms. The molecule has 2 nitrogen and oxygen atoms in total. The highest BCUT2D eigenvalue weighted by atomic mass is 31.1. The molecule has 3 aromatic carbocycles. The lowest BCUT2D eigenvalue weighted by atomic mass is 10.1. The predicted molar refractivity (Wildman–Crippen MR) is 110 cm³/mol. The first-order valence-corrected chi connectivity index (χ1v) is 10.3. The van der Waals surface area contributed by atoms with Gasteiger partial charge < -0.3 is 5.11 Å². The van der Waals surface area contributed by atoms with Gasteiger partial charge in [-0.1, -0.05) is 84.9 Å². The number of carboxylic acids is 1. The van der Waals surface area contributed by atoms with Gasteiger partial charge in [0, 0.05) is 6.42 Å². The average Bonchev–Trinajstić information content (AvgIpc) is 2.68. The Labute approximate surface area is 156 Å². The van der Waals surface area contributed by atoms with E-state index in [9.17, 15) is 4.79 Å². The van der Waals surface area contributed by atoms with Gasteiger partial charge in [0.25, 0.3) is 0 Å². The fourth-order valence-corrected chi connectivity index (χ4v) is 5.30. The van der Waals surface area contributed by atoms with E-state index in [-0.39, 0.29) is 6.42 Å². The van der Waals surface area contributed by atoms with Crippen LogP contribution in [-0.2, 0) is 11.2 Å². The highest BCUT2D eigenvalue weighted by Crippen LogP contribution is 2.32. The van der Waals surface area contributed by atoms with E-state index in [1.165, 1.54) is 21.5 Å². The van der Waals surface area contributed by atoms with Crippen LogP contribution in [0.2, 0.25) is 0 Å². The molecule has 0 aromatic heterocycles. The van der Waals surface area contributed by atoms with Crippen molar-refractivity contribution >= 4 is 29.8 Å². The molecule has 0 fully saturated rings. The number of benzene rings is 3. The minimum atomic E-state index is -0.711. The quantitative estimate of drug-likeness (QED) is 0.481. The van der Waals surface area contributed by atoms with Gasteiger partial charge in [-0.05, 0) is 48.7 Å². The maximum atomic E-state index is 10.6. The summed E-state index contributed by atoms with van der Waals surface area (Å²) in [6.07, 6.45) is 2.84. The average molecular weight is 362 g/mol. The molecule has 3 rings (SSSR count). The van der Waals surface area contributed by atoms with Gasteiger partial charge in [-0.15, -0.1) is 0 Å². The van der Waals surface area contributed by atoms with Gasteiger partial charge in [0.05, 0.1) is 0 Å². The van der Waals surface area contributed by atoms with Crippen molar-refractivity contribution in [2.24, 2.45) is 0 Å². The number of aliphatic carboxylic acids is 1. The molecule has 0 amide bonds. The van der Waals surface area contributed by atoms with Gasteiger partial charge in [-0.2, -0.15) is 0 Å².